The zero-order valence-electron chi connectivity index (χ0n) is 10.6. The molecule has 0 unspecified atom stereocenters. The van der Waals surface area contributed by atoms with Gasteiger partial charge in [-0.05, 0) is 29.8 Å². The third kappa shape index (κ3) is 3.27. The van der Waals surface area contributed by atoms with Gasteiger partial charge in [0.25, 0.3) is 10.0 Å². The Bertz CT molecular complexity index is 745. The van der Waals surface area contributed by atoms with Crippen LogP contribution in [0.4, 0.5) is 0 Å². The molecule has 0 aliphatic heterocycles. The number of rotatable bonds is 4. The van der Waals surface area contributed by atoms with Crippen molar-refractivity contribution in [3.05, 3.63) is 51.3 Å². The van der Waals surface area contributed by atoms with Crippen molar-refractivity contribution in [1.29, 1.82) is 5.26 Å². The van der Waals surface area contributed by atoms with Crippen LogP contribution in [-0.2, 0) is 16.6 Å². The molecule has 1 aromatic carbocycles. The highest BCUT2D eigenvalue weighted by molar-refractivity contribution is 9.10. The molecule has 0 saturated carbocycles. The van der Waals surface area contributed by atoms with Crippen LogP contribution in [0.15, 0.2) is 45.1 Å². The van der Waals surface area contributed by atoms with Crippen LogP contribution in [-0.4, -0.2) is 19.8 Å². The van der Waals surface area contributed by atoms with E-state index in [1.54, 1.807) is 0 Å². The molecule has 0 fully saturated rings. The SMILES string of the molecule is CN(Cc1ccc(Br)cc1)S(=O)(=O)c1ccc(C#N)s1. The predicted molar refractivity (Wildman–Crippen MR) is 81.8 cm³/mol. The molecule has 7 heteroatoms. The second-order valence-corrected chi connectivity index (χ2v) is 8.39. The summed E-state index contributed by atoms with van der Waals surface area (Å²) in [6.07, 6.45) is 0. The van der Waals surface area contributed by atoms with Gasteiger partial charge in [0, 0.05) is 18.1 Å². The summed E-state index contributed by atoms with van der Waals surface area (Å²) in [5, 5.41) is 8.76. The Balaban J connectivity index is 2.21. The summed E-state index contributed by atoms with van der Waals surface area (Å²) in [5.74, 6) is 0. The Labute approximate surface area is 130 Å². The predicted octanol–water partition coefficient (Wildman–Crippen LogP) is 3.20. The van der Waals surface area contributed by atoms with Crippen LogP contribution in [0.3, 0.4) is 0 Å². The van der Waals surface area contributed by atoms with E-state index in [9.17, 15) is 8.42 Å². The van der Waals surface area contributed by atoms with Crippen molar-refractivity contribution >= 4 is 37.3 Å². The van der Waals surface area contributed by atoms with Gasteiger partial charge in [-0.25, -0.2) is 8.42 Å². The number of nitrogens with zero attached hydrogens (tertiary/aromatic N) is 2. The molecule has 2 rings (SSSR count). The molecule has 0 aliphatic carbocycles. The minimum absolute atomic E-state index is 0.189. The van der Waals surface area contributed by atoms with Crippen LogP contribution in [0.1, 0.15) is 10.4 Å². The molecule has 0 N–H and O–H groups in total. The van der Waals surface area contributed by atoms with Crippen LogP contribution in [0.2, 0.25) is 0 Å². The monoisotopic (exact) mass is 370 g/mol. The maximum Gasteiger partial charge on any atom is 0.252 e. The highest BCUT2D eigenvalue weighted by atomic mass is 79.9. The molecule has 1 aromatic heterocycles. The van der Waals surface area contributed by atoms with Gasteiger partial charge in [0.2, 0.25) is 0 Å². The van der Waals surface area contributed by atoms with Crippen molar-refractivity contribution in [3.63, 3.8) is 0 Å². The van der Waals surface area contributed by atoms with Gasteiger partial charge in [-0.2, -0.15) is 9.57 Å². The first kappa shape index (κ1) is 15.2. The van der Waals surface area contributed by atoms with Gasteiger partial charge >= 0.3 is 0 Å². The second kappa shape index (κ2) is 6.06. The fourth-order valence-corrected chi connectivity index (χ4v) is 4.34. The Kier molecular flexibility index (Phi) is 4.60. The quantitative estimate of drug-likeness (QED) is 0.829. The number of benzene rings is 1. The summed E-state index contributed by atoms with van der Waals surface area (Å²) in [7, 11) is -2.02. The third-order valence-electron chi connectivity index (χ3n) is 2.67. The van der Waals surface area contributed by atoms with Crippen molar-refractivity contribution in [2.24, 2.45) is 0 Å². The van der Waals surface area contributed by atoms with E-state index < -0.39 is 10.0 Å². The van der Waals surface area contributed by atoms with Gasteiger partial charge < -0.3 is 0 Å². The van der Waals surface area contributed by atoms with Crippen molar-refractivity contribution in [2.45, 2.75) is 10.8 Å². The molecule has 104 valence electrons. The number of halogens is 1. The summed E-state index contributed by atoms with van der Waals surface area (Å²) in [6, 6.07) is 12.4. The summed E-state index contributed by atoms with van der Waals surface area (Å²) in [6.45, 7) is 0.287. The van der Waals surface area contributed by atoms with Gasteiger partial charge in [-0.3, -0.25) is 0 Å². The van der Waals surface area contributed by atoms with Crippen LogP contribution >= 0.6 is 27.3 Å². The summed E-state index contributed by atoms with van der Waals surface area (Å²) >= 11 is 4.32. The highest BCUT2D eigenvalue weighted by Crippen LogP contribution is 2.24. The third-order valence-corrected chi connectivity index (χ3v) is 6.46. The largest absolute Gasteiger partial charge is 0.252 e. The van der Waals surface area contributed by atoms with Gasteiger partial charge in [0.05, 0.1) is 0 Å². The zero-order valence-corrected chi connectivity index (χ0v) is 13.8. The Hall–Kier alpha value is -1.20. The average molecular weight is 371 g/mol. The van der Waals surface area contributed by atoms with E-state index in [4.69, 9.17) is 5.26 Å². The van der Waals surface area contributed by atoms with Crippen molar-refractivity contribution < 1.29 is 8.42 Å². The number of thiophene rings is 1. The topological polar surface area (TPSA) is 61.2 Å². The van der Waals surface area contributed by atoms with E-state index in [2.05, 4.69) is 15.9 Å². The lowest BCUT2D eigenvalue weighted by Gasteiger charge is -2.16. The number of hydrogen-bond acceptors (Lipinski definition) is 4. The Morgan fingerprint density at radius 3 is 2.45 bits per heavy atom. The maximum absolute atomic E-state index is 12.4. The summed E-state index contributed by atoms with van der Waals surface area (Å²) in [4.78, 5) is 0.389. The van der Waals surface area contributed by atoms with Gasteiger partial charge in [0.15, 0.2) is 0 Å². The first-order valence-electron chi connectivity index (χ1n) is 5.64. The van der Waals surface area contributed by atoms with Crippen LogP contribution in [0, 0.1) is 11.3 Å². The molecule has 0 radical (unpaired) electrons. The molecule has 0 bridgehead atoms. The normalized spacial score (nSPS) is 11.5. The summed E-state index contributed by atoms with van der Waals surface area (Å²) in [5.41, 5.74) is 0.899. The molecular formula is C13H11BrN2O2S2. The lowest BCUT2D eigenvalue weighted by Crippen LogP contribution is -2.25. The number of hydrogen-bond donors (Lipinski definition) is 0. The van der Waals surface area contributed by atoms with E-state index in [0.717, 1.165) is 21.4 Å². The summed E-state index contributed by atoms with van der Waals surface area (Å²) < 4.78 is 27.1. The fourth-order valence-electron chi connectivity index (χ4n) is 1.60. The lowest BCUT2D eigenvalue weighted by molar-refractivity contribution is 0.468. The molecule has 0 amide bonds. The molecule has 0 aliphatic rings. The van der Waals surface area contributed by atoms with Crippen LogP contribution in [0.25, 0.3) is 0 Å². The van der Waals surface area contributed by atoms with Gasteiger partial charge in [0.1, 0.15) is 15.2 Å². The number of sulfonamides is 1. The van der Waals surface area contributed by atoms with Crippen LogP contribution in [0.5, 0.6) is 0 Å². The van der Waals surface area contributed by atoms with Gasteiger partial charge in [-0.15, -0.1) is 11.3 Å². The number of nitriles is 1. The standard InChI is InChI=1S/C13H11BrN2O2S2/c1-16(9-10-2-4-11(14)5-3-10)20(17,18)13-7-6-12(8-15)19-13/h2-7H,9H2,1H3. The molecule has 0 spiro atoms. The highest BCUT2D eigenvalue weighted by Gasteiger charge is 2.22. The lowest BCUT2D eigenvalue weighted by atomic mass is 10.2. The van der Waals surface area contributed by atoms with E-state index in [0.29, 0.717) is 4.88 Å². The molecule has 1 heterocycles. The first-order chi connectivity index (χ1) is 9.43. The molecular weight excluding hydrogens is 360 g/mol. The molecule has 2 aromatic rings. The van der Waals surface area contributed by atoms with Crippen LogP contribution < -0.4 is 0 Å². The van der Waals surface area contributed by atoms with Gasteiger partial charge in [-0.1, -0.05) is 28.1 Å². The zero-order chi connectivity index (χ0) is 14.8. The Morgan fingerprint density at radius 1 is 1.25 bits per heavy atom. The van der Waals surface area contributed by atoms with Crippen molar-refractivity contribution in [2.75, 3.05) is 7.05 Å². The molecule has 20 heavy (non-hydrogen) atoms. The van der Waals surface area contributed by atoms with E-state index >= 15 is 0 Å². The molecule has 4 nitrogen and oxygen atoms in total. The maximum atomic E-state index is 12.4. The fraction of sp³-hybridized carbons (Fsp3) is 0.154. The minimum Gasteiger partial charge on any atom is -0.206 e. The van der Waals surface area contributed by atoms with E-state index in [1.165, 1.54) is 23.5 Å². The van der Waals surface area contributed by atoms with Crippen molar-refractivity contribution in [3.8, 4) is 6.07 Å². The Morgan fingerprint density at radius 2 is 1.90 bits per heavy atom. The average Bonchev–Trinajstić information content (AvgIpc) is 2.90. The smallest absolute Gasteiger partial charge is 0.206 e. The minimum atomic E-state index is -3.55. The first-order valence-corrected chi connectivity index (χ1v) is 8.69. The molecule has 0 atom stereocenters. The molecule has 0 saturated heterocycles. The van der Waals surface area contributed by atoms with Crippen molar-refractivity contribution in [1.82, 2.24) is 4.31 Å². The van der Waals surface area contributed by atoms with E-state index in [-0.39, 0.29) is 10.8 Å². The van der Waals surface area contributed by atoms with E-state index in [1.807, 2.05) is 30.3 Å². The second-order valence-electron chi connectivity index (χ2n) is 4.12.